The molecule has 0 radical (unpaired) electrons. The molecule has 27 heavy (non-hydrogen) atoms. The number of nitrogens with zero attached hydrogens (tertiary/aromatic N) is 1. The second kappa shape index (κ2) is 7.64. The molecule has 5 heteroatoms. The second-order valence-corrected chi connectivity index (χ2v) is 8.71. The van der Waals surface area contributed by atoms with Gasteiger partial charge < -0.3 is 15.0 Å². The fourth-order valence-electron chi connectivity index (χ4n) is 4.45. The molecule has 1 aromatic carbocycles. The van der Waals surface area contributed by atoms with Crippen molar-refractivity contribution < 1.29 is 9.53 Å². The number of piperidine rings is 1. The third kappa shape index (κ3) is 3.76. The smallest absolute Gasteiger partial charge is 0.230 e. The molecule has 2 heterocycles. The first kappa shape index (κ1) is 18.5. The SMILES string of the molecule is COc1cccc(C(C)C(=O)N(Cc2ccsc2)C2CC23CCNCC3)c1. The van der Waals surface area contributed by atoms with Crippen LogP contribution in [0.2, 0.25) is 0 Å². The number of hydrogen-bond donors (Lipinski definition) is 1. The van der Waals surface area contributed by atoms with Crippen molar-refractivity contribution >= 4 is 17.2 Å². The van der Waals surface area contributed by atoms with Crippen molar-refractivity contribution in [2.24, 2.45) is 5.41 Å². The van der Waals surface area contributed by atoms with Crippen LogP contribution in [0, 0.1) is 5.41 Å². The van der Waals surface area contributed by atoms with Gasteiger partial charge in [0.2, 0.25) is 5.91 Å². The van der Waals surface area contributed by atoms with E-state index < -0.39 is 0 Å². The highest BCUT2D eigenvalue weighted by Crippen LogP contribution is 2.56. The Balaban J connectivity index is 1.56. The quantitative estimate of drug-likeness (QED) is 0.817. The number of methoxy groups -OCH3 is 1. The molecule has 1 aliphatic carbocycles. The number of hydrogen-bond acceptors (Lipinski definition) is 4. The standard InChI is InChI=1S/C22H28N2O2S/c1-16(18-4-3-5-19(12-18)26-2)21(25)24(14-17-6-11-27-15-17)20-13-22(20)7-9-23-10-8-22/h3-6,11-12,15-16,20,23H,7-10,13-14H2,1-2H3. The summed E-state index contributed by atoms with van der Waals surface area (Å²) < 4.78 is 5.35. The molecule has 2 unspecified atom stereocenters. The Morgan fingerprint density at radius 1 is 1.37 bits per heavy atom. The maximum absolute atomic E-state index is 13.5. The van der Waals surface area contributed by atoms with Crippen molar-refractivity contribution in [1.29, 1.82) is 0 Å². The summed E-state index contributed by atoms with van der Waals surface area (Å²) in [6, 6.07) is 10.4. The van der Waals surface area contributed by atoms with Crippen molar-refractivity contribution in [3.63, 3.8) is 0 Å². The van der Waals surface area contributed by atoms with E-state index in [1.54, 1.807) is 18.4 Å². The molecule has 1 aromatic heterocycles. The molecular weight excluding hydrogens is 356 g/mol. The average molecular weight is 385 g/mol. The molecule has 2 aromatic rings. The molecule has 4 rings (SSSR count). The van der Waals surface area contributed by atoms with Crippen LogP contribution < -0.4 is 10.1 Å². The minimum absolute atomic E-state index is 0.168. The molecule has 1 aliphatic heterocycles. The van der Waals surface area contributed by atoms with Gasteiger partial charge in [0, 0.05) is 12.6 Å². The van der Waals surface area contributed by atoms with Gasteiger partial charge in [-0.2, -0.15) is 11.3 Å². The largest absolute Gasteiger partial charge is 0.497 e. The van der Waals surface area contributed by atoms with Crippen LogP contribution in [0.5, 0.6) is 5.75 Å². The summed E-state index contributed by atoms with van der Waals surface area (Å²) in [5.74, 6) is 0.866. The number of benzene rings is 1. The van der Waals surface area contributed by atoms with Gasteiger partial charge in [-0.25, -0.2) is 0 Å². The van der Waals surface area contributed by atoms with Crippen molar-refractivity contribution in [2.45, 2.75) is 44.7 Å². The van der Waals surface area contributed by atoms with Gasteiger partial charge in [0.1, 0.15) is 5.75 Å². The summed E-state index contributed by atoms with van der Waals surface area (Å²) in [6.45, 7) is 4.89. The van der Waals surface area contributed by atoms with Gasteiger partial charge in [0.05, 0.1) is 13.0 Å². The van der Waals surface area contributed by atoms with Gasteiger partial charge in [0.25, 0.3) is 0 Å². The monoisotopic (exact) mass is 384 g/mol. The zero-order chi connectivity index (χ0) is 18.9. The van der Waals surface area contributed by atoms with Crippen LogP contribution >= 0.6 is 11.3 Å². The van der Waals surface area contributed by atoms with E-state index in [1.807, 2.05) is 31.2 Å². The van der Waals surface area contributed by atoms with Crippen LogP contribution in [0.15, 0.2) is 41.1 Å². The lowest BCUT2D eigenvalue weighted by atomic mass is 9.92. The lowest BCUT2D eigenvalue weighted by Gasteiger charge is -2.31. The molecule has 2 atom stereocenters. The third-order valence-corrected chi connectivity index (χ3v) is 7.03. The molecule has 1 amide bonds. The summed E-state index contributed by atoms with van der Waals surface area (Å²) >= 11 is 1.70. The molecule has 144 valence electrons. The van der Waals surface area contributed by atoms with Crippen LogP contribution in [0.25, 0.3) is 0 Å². The lowest BCUT2D eigenvalue weighted by molar-refractivity contribution is -0.134. The maximum Gasteiger partial charge on any atom is 0.230 e. The van der Waals surface area contributed by atoms with Gasteiger partial charge in [-0.1, -0.05) is 12.1 Å². The first-order valence-corrected chi connectivity index (χ1v) is 10.7. The average Bonchev–Trinajstić information content (AvgIpc) is 3.14. The molecule has 1 saturated heterocycles. The second-order valence-electron chi connectivity index (χ2n) is 7.93. The van der Waals surface area contributed by atoms with Crippen LogP contribution in [-0.2, 0) is 11.3 Å². The first-order chi connectivity index (χ1) is 13.1. The fraction of sp³-hybridized carbons (Fsp3) is 0.500. The Morgan fingerprint density at radius 2 is 2.19 bits per heavy atom. The summed E-state index contributed by atoms with van der Waals surface area (Å²) in [5.41, 5.74) is 2.60. The van der Waals surface area contributed by atoms with E-state index in [1.165, 1.54) is 18.4 Å². The zero-order valence-corrected chi connectivity index (χ0v) is 16.9. The summed E-state index contributed by atoms with van der Waals surface area (Å²) in [4.78, 5) is 15.7. The molecule has 1 spiro atoms. The van der Waals surface area contributed by atoms with Gasteiger partial charge in [-0.3, -0.25) is 4.79 Å². The fourth-order valence-corrected chi connectivity index (χ4v) is 5.11. The van der Waals surface area contributed by atoms with E-state index in [-0.39, 0.29) is 11.8 Å². The van der Waals surface area contributed by atoms with Gasteiger partial charge in [-0.15, -0.1) is 0 Å². The Kier molecular flexibility index (Phi) is 5.24. The number of amides is 1. The highest BCUT2D eigenvalue weighted by atomic mass is 32.1. The van der Waals surface area contributed by atoms with Crippen LogP contribution in [0.4, 0.5) is 0 Å². The Bertz CT molecular complexity index is 783. The third-order valence-electron chi connectivity index (χ3n) is 6.30. The van der Waals surface area contributed by atoms with Gasteiger partial charge >= 0.3 is 0 Å². The van der Waals surface area contributed by atoms with Crippen molar-refractivity contribution in [2.75, 3.05) is 20.2 Å². The van der Waals surface area contributed by atoms with Crippen molar-refractivity contribution in [1.82, 2.24) is 10.2 Å². The van der Waals surface area contributed by atoms with E-state index in [9.17, 15) is 4.79 Å². The predicted molar refractivity (Wildman–Crippen MR) is 109 cm³/mol. The minimum Gasteiger partial charge on any atom is -0.497 e. The summed E-state index contributed by atoms with van der Waals surface area (Å²) in [6.07, 6.45) is 3.51. The molecular formula is C22H28N2O2S. The molecule has 2 fully saturated rings. The summed E-state index contributed by atoms with van der Waals surface area (Å²) in [5, 5.41) is 7.71. The highest BCUT2D eigenvalue weighted by Gasteiger charge is 2.58. The first-order valence-electron chi connectivity index (χ1n) is 9.79. The Hall–Kier alpha value is -1.85. The van der Waals surface area contributed by atoms with Crippen LogP contribution in [0.3, 0.4) is 0 Å². The van der Waals surface area contributed by atoms with E-state index in [0.717, 1.165) is 37.4 Å². The number of nitrogens with one attached hydrogen (secondary N) is 1. The summed E-state index contributed by atoms with van der Waals surface area (Å²) in [7, 11) is 1.67. The number of carbonyl (C=O) groups is 1. The number of ether oxygens (including phenoxy) is 1. The Labute approximate surface area is 165 Å². The lowest BCUT2D eigenvalue weighted by Crippen LogP contribution is -2.40. The molecule has 0 bridgehead atoms. The number of thiophene rings is 1. The van der Waals surface area contributed by atoms with Crippen molar-refractivity contribution in [3.05, 3.63) is 52.2 Å². The zero-order valence-electron chi connectivity index (χ0n) is 16.1. The number of rotatable bonds is 6. The maximum atomic E-state index is 13.5. The van der Waals surface area contributed by atoms with Crippen LogP contribution in [0.1, 0.15) is 43.2 Å². The Morgan fingerprint density at radius 3 is 2.89 bits per heavy atom. The van der Waals surface area contributed by atoms with E-state index >= 15 is 0 Å². The van der Waals surface area contributed by atoms with E-state index in [2.05, 4.69) is 27.0 Å². The normalized spacial score (nSPS) is 21.6. The molecule has 2 aliphatic rings. The van der Waals surface area contributed by atoms with Crippen molar-refractivity contribution in [3.8, 4) is 5.75 Å². The van der Waals surface area contributed by atoms with E-state index in [0.29, 0.717) is 11.5 Å². The van der Waals surface area contributed by atoms with Gasteiger partial charge in [-0.05, 0) is 84.8 Å². The molecule has 4 nitrogen and oxygen atoms in total. The van der Waals surface area contributed by atoms with E-state index in [4.69, 9.17) is 4.74 Å². The predicted octanol–water partition coefficient (Wildman–Crippen LogP) is 4.03. The van der Waals surface area contributed by atoms with Crippen LogP contribution in [-0.4, -0.2) is 37.0 Å². The number of carbonyl (C=O) groups excluding carboxylic acids is 1. The molecule has 1 saturated carbocycles. The minimum atomic E-state index is -0.168. The molecule has 1 N–H and O–H groups in total. The van der Waals surface area contributed by atoms with Gasteiger partial charge in [0.15, 0.2) is 0 Å². The topological polar surface area (TPSA) is 41.6 Å². The highest BCUT2D eigenvalue weighted by molar-refractivity contribution is 7.07.